The molecule has 2 N–H and O–H groups in total. The van der Waals surface area contributed by atoms with Crippen LogP contribution in [0.2, 0.25) is 10.2 Å². The Kier molecular flexibility index (Phi) is 7.43. The maximum Gasteiger partial charge on any atom is 0.407 e. The Morgan fingerprint density at radius 1 is 1.21 bits per heavy atom. The van der Waals surface area contributed by atoms with Gasteiger partial charge in [0.1, 0.15) is 16.4 Å². The van der Waals surface area contributed by atoms with Crippen LogP contribution in [0.3, 0.4) is 0 Å². The first-order valence-electron chi connectivity index (χ1n) is 9.01. The van der Waals surface area contributed by atoms with E-state index in [1.165, 1.54) is 0 Å². The zero-order chi connectivity index (χ0) is 21.8. The zero-order valence-electron chi connectivity index (χ0n) is 17.0. The molecule has 2 aromatic heterocycles. The fraction of sp³-hybridized carbons (Fsp3) is 0.400. The second kappa shape index (κ2) is 9.41. The minimum atomic E-state index is -0.602. The standard InChI is InChI=1S/C20H24Cl2N4O3/c1-11-6-15(23-10-14(11)21)12(2)25-18(27)16-7-13(8-17(22)26-16)9-24-19(28)29-20(3,4)5/h6-8,10,12H,9H2,1-5H3,(H,24,28)(H,25,27). The van der Waals surface area contributed by atoms with Gasteiger partial charge < -0.3 is 15.4 Å². The van der Waals surface area contributed by atoms with E-state index >= 15 is 0 Å². The first kappa shape index (κ1) is 22.9. The molecule has 0 saturated heterocycles. The molecule has 29 heavy (non-hydrogen) atoms. The Hall–Kier alpha value is -2.38. The van der Waals surface area contributed by atoms with Gasteiger partial charge in [0.15, 0.2) is 0 Å². The molecule has 0 bridgehead atoms. The van der Waals surface area contributed by atoms with E-state index in [0.29, 0.717) is 16.3 Å². The van der Waals surface area contributed by atoms with Crippen molar-refractivity contribution in [1.82, 2.24) is 20.6 Å². The SMILES string of the molecule is Cc1cc(C(C)NC(=O)c2cc(CNC(=O)OC(C)(C)C)cc(Cl)n2)ncc1Cl. The second-order valence-corrected chi connectivity index (χ2v) is 8.39. The number of hydrogen-bond acceptors (Lipinski definition) is 5. The van der Waals surface area contributed by atoms with Crippen LogP contribution in [0, 0.1) is 6.92 Å². The van der Waals surface area contributed by atoms with E-state index in [2.05, 4.69) is 20.6 Å². The fourth-order valence-electron chi connectivity index (χ4n) is 2.40. The maximum absolute atomic E-state index is 12.6. The van der Waals surface area contributed by atoms with Crippen LogP contribution in [0.25, 0.3) is 0 Å². The topological polar surface area (TPSA) is 93.2 Å². The summed E-state index contributed by atoms with van der Waals surface area (Å²) in [5.74, 6) is -0.409. The highest BCUT2D eigenvalue weighted by molar-refractivity contribution is 6.31. The molecule has 1 unspecified atom stereocenters. The van der Waals surface area contributed by atoms with E-state index in [4.69, 9.17) is 27.9 Å². The lowest BCUT2D eigenvalue weighted by atomic mass is 10.1. The number of amides is 2. The summed E-state index contributed by atoms with van der Waals surface area (Å²) in [6, 6.07) is 4.59. The first-order valence-corrected chi connectivity index (χ1v) is 9.76. The number of ether oxygens (including phenoxy) is 1. The second-order valence-electron chi connectivity index (χ2n) is 7.59. The van der Waals surface area contributed by atoms with E-state index in [1.807, 2.05) is 19.9 Å². The number of aromatic nitrogens is 2. The average Bonchev–Trinajstić information content (AvgIpc) is 2.60. The molecule has 156 valence electrons. The highest BCUT2D eigenvalue weighted by Crippen LogP contribution is 2.19. The Morgan fingerprint density at radius 2 is 1.90 bits per heavy atom. The van der Waals surface area contributed by atoms with Gasteiger partial charge in [0.25, 0.3) is 5.91 Å². The molecule has 0 aliphatic carbocycles. The number of rotatable bonds is 5. The average molecular weight is 439 g/mol. The van der Waals surface area contributed by atoms with Gasteiger partial charge in [-0.3, -0.25) is 9.78 Å². The molecule has 2 rings (SSSR count). The summed E-state index contributed by atoms with van der Waals surface area (Å²) in [5.41, 5.74) is 1.70. The van der Waals surface area contributed by atoms with Crippen molar-refractivity contribution in [3.05, 3.63) is 57.1 Å². The number of halogens is 2. The number of alkyl carbamates (subject to hydrolysis) is 1. The molecule has 7 nitrogen and oxygen atoms in total. The van der Waals surface area contributed by atoms with Gasteiger partial charge in [-0.05, 0) is 63.9 Å². The Balaban J connectivity index is 2.06. The third kappa shape index (κ3) is 7.18. The van der Waals surface area contributed by atoms with Crippen molar-refractivity contribution < 1.29 is 14.3 Å². The summed E-state index contributed by atoms with van der Waals surface area (Å²) in [4.78, 5) is 32.7. The summed E-state index contributed by atoms with van der Waals surface area (Å²) in [6.45, 7) is 9.14. The van der Waals surface area contributed by atoms with E-state index in [1.54, 1.807) is 39.1 Å². The molecule has 2 heterocycles. The van der Waals surface area contributed by atoms with Crippen molar-refractivity contribution in [3.63, 3.8) is 0 Å². The summed E-state index contributed by atoms with van der Waals surface area (Å²) in [6.07, 6.45) is 0.988. The van der Waals surface area contributed by atoms with Crippen molar-refractivity contribution in [3.8, 4) is 0 Å². The maximum atomic E-state index is 12.6. The molecule has 0 aromatic carbocycles. The highest BCUT2D eigenvalue weighted by atomic mass is 35.5. The molecule has 2 amide bonds. The van der Waals surface area contributed by atoms with Gasteiger partial charge in [-0.2, -0.15) is 0 Å². The van der Waals surface area contributed by atoms with Crippen LogP contribution in [0.5, 0.6) is 0 Å². The molecule has 0 aliphatic rings. The predicted octanol–water partition coefficient (Wildman–Crippen LogP) is 4.61. The Morgan fingerprint density at radius 3 is 2.52 bits per heavy atom. The van der Waals surface area contributed by atoms with Crippen LogP contribution < -0.4 is 10.6 Å². The molecule has 0 spiro atoms. The molecule has 0 aliphatic heterocycles. The van der Waals surface area contributed by atoms with Crippen molar-refractivity contribution in [2.75, 3.05) is 0 Å². The molecular weight excluding hydrogens is 415 g/mol. The molecule has 0 saturated carbocycles. The van der Waals surface area contributed by atoms with Gasteiger partial charge >= 0.3 is 6.09 Å². The van der Waals surface area contributed by atoms with Crippen molar-refractivity contribution in [2.45, 2.75) is 52.8 Å². The minimum absolute atomic E-state index is 0.135. The number of hydrogen-bond donors (Lipinski definition) is 2. The van der Waals surface area contributed by atoms with E-state index < -0.39 is 17.6 Å². The molecule has 0 fully saturated rings. The number of carbonyl (C=O) groups is 2. The predicted molar refractivity (Wildman–Crippen MR) is 112 cm³/mol. The minimum Gasteiger partial charge on any atom is -0.444 e. The van der Waals surface area contributed by atoms with Crippen LogP contribution in [0.15, 0.2) is 24.4 Å². The smallest absolute Gasteiger partial charge is 0.407 e. The number of carbonyl (C=O) groups excluding carboxylic acids is 2. The third-order valence-corrected chi connectivity index (χ3v) is 4.37. The lowest BCUT2D eigenvalue weighted by Crippen LogP contribution is -2.32. The van der Waals surface area contributed by atoms with Crippen LogP contribution in [-0.4, -0.2) is 27.6 Å². The normalized spacial score (nSPS) is 12.2. The Labute approximate surface area is 180 Å². The largest absolute Gasteiger partial charge is 0.444 e. The van der Waals surface area contributed by atoms with E-state index in [9.17, 15) is 9.59 Å². The van der Waals surface area contributed by atoms with Crippen LogP contribution in [0.1, 0.15) is 61.0 Å². The zero-order valence-corrected chi connectivity index (χ0v) is 18.5. The number of nitrogens with zero attached hydrogens (tertiary/aromatic N) is 2. The van der Waals surface area contributed by atoms with Gasteiger partial charge in [-0.25, -0.2) is 9.78 Å². The molecule has 0 radical (unpaired) electrons. The molecular formula is C20H24Cl2N4O3. The highest BCUT2D eigenvalue weighted by Gasteiger charge is 2.18. The van der Waals surface area contributed by atoms with Crippen molar-refractivity contribution in [1.29, 1.82) is 0 Å². The summed E-state index contributed by atoms with van der Waals surface area (Å²) in [7, 11) is 0. The molecule has 2 aromatic rings. The quantitative estimate of drug-likeness (QED) is 0.664. The van der Waals surface area contributed by atoms with Crippen molar-refractivity contribution in [2.24, 2.45) is 0 Å². The Bertz CT molecular complexity index is 913. The molecule has 9 heteroatoms. The van der Waals surface area contributed by atoms with Crippen molar-refractivity contribution >= 4 is 35.2 Å². The lowest BCUT2D eigenvalue weighted by molar-refractivity contribution is 0.0523. The van der Waals surface area contributed by atoms with Gasteiger partial charge in [-0.1, -0.05) is 23.2 Å². The molecule has 1 atom stereocenters. The van der Waals surface area contributed by atoms with Crippen LogP contribution in [-0.2, 0) is 11.3 Å². The van der Waals surface area contributed by atoms with E-state index in [-0.39, 0.29) is 23.4 Å². The summed E-state index contributed by atoms with van der Waals surface area (Å²) < 4.78 is 5.19. The van der Waals surface area contributed by atoms with Crippen LogP contribution >= 0.6 is 23.2 Å². The lowest BCUT2D eigenvalue weighted by Gasteiger charge is -2.19. The van der Waals surface area contributed by atoms with Gasteiger partial charge in [0, 0.05) is 12.7 Å². The summed E-state index contributed by atoms with van der Waals surface area (Å²) >= 11 is 12.0. The monoisotopic (exact) mass is 438 g/mol. The third-order valence-electron chi connectivity index (χ3n) is 3.78. The summed E-state index contributed by atoms with van der Waals surface area (Å²) in [5, 5.41) is 6.16. The number of aryl methyl sites for hydroxylation is 1. The van der Waals surface area contributed by atoms with Gasteiger partial charge in [0.05, 0.1) is 16.8 Å². The number of pyridine rings is 2. The number of nitrogens with one attached hydrogen (secondary N) is 2. The van der Waals surface area contributed by atoms with Crippen LogP contribution in [0.4, 0.5) is 4.79 Å². The van der Waals surface area contributed by atoms with Gasteiger partial charge in [0.2, 0.25) is 0 Å². The first-order chi connectivity index (χ1) is 13.4. The van der Waals surface area contributed by atoms with Gasteiger partial charge in [-0.15, -0.1) is 0 Å². The van der Waals surface area contributed by atoms with E-state index in [0.717, 1.165) is 5.56 Å². The fourth-order valence-corrected chi connectivity index (χ4v) is 2.73.